The number of hydrogen-bond acceptors (Lipinski definition) is 4. The number of nitrogens with one attached hydrogen (secondary N) is 1. The molecule has 1 N–H and O–H groups in total. The van der Waals surface area contributed by atoms with Gasteiger partial charge in [-0.05, 0) is 19.8 Å². The van der Waals surface area contributed by atoms with Crippen LogP contribution in [0.1, 0.15) is 37.9 Å². The summed E-state index contributed by atoms with van der Waals surface area (Å²) in [5, 5.41) is 3.23. The minimum absolute atomic E-state index is 0.0930. The molecule has 6 nitrogen and oxygen atoms in total. The van der Waals surface area contributed by atoms with Gasteiger partial charge in [0, 0.05) is 43.9 Å². The number of hydrogen-bond donors (Lipinski definition) is 1. The second-order valence-electron chi connectivity index (χ2n) is 7.78. The first kappa shape index (κ1) is 18.7. The molecule has 4 rings (SSSR count). The molecule has 1 aliphatic carbocycles. The van der Waals surface area contributed by atoms with Crippen LogP contribution in [0.15, 0.2) is 36.4 Å². The van der Waals surface area contributed by atoms with E-state index in [9.17, 15) is 4.79 Å². The van der Waals surface area contributed by atoms with E-state index in [0.29, 0.717) is 6.04 Å². The summed E-state index contributed by atoms with van der Waals surface area (Å²) in [4.78, 5) is 26.0. The lowest BCUT2D eigenvalue weighted by Crippen LogP contribution is -2.53. The van der Waals surface area contributed by atoms with Gasteiger partial charge in [-0.25, -0.2) is 14.8 Å². The highest BCUT2D eigenvalue weighted by Gasteiger charge is 2.24. The Morgan fingerprint density at radius 2 is 1.71 bits per heavy atom. The normalized spacial score (nSPS) is 18.2. The first-order chi connectivity index (χ1) is 13.7. The van der Waals surface area contributed by atoms with Crippen molar-refractivity contribution in [1.82, 2.24) is 20.2 Å². The van der Waals surface area contributed by atoms with Gasteiger partial charge in [-0.1, -0.05) is 49.6 Å². The van der Waals surface area contributed by atoms with Crippen LogP contribution in [0.2, 0.25) is 0 Å². The molecule has 2 aromatic rings. The number of amides is 2. The molecule has 0 radical (unpaired) electrons. The Morgan fingerprint density at radius 3 is 2.43 bits per heavy atom. The lowest BCUT2D eigenvalue weighted by molar-refractivity contribution is 0.186. The van der Waals surface area contributed by atoms with E-state index in [1.54, 1.807) is 0 Å². The van der Waals surface area contributed by atoms with Gasteiger partial charge in [-0.3, -0.25) is 0 Å². The molecular weight excluding hydrogens is 350 g/mol. The maximum atomic E-state index is 12.6. The molecule has 2 heterocycles. The second-order valence-corrected chi connectivity index (χ2v) is 7.78. The zero-order valence-electron chi connectivity index (χ0n) is 16.6. The Balaban J connectivity index is 1.38. The number of carbonyl (C=O) groups is 1. The third kappa shape index (κ3) is 4.43. The number of urea groups is 1. The van der Waals surface area contributed by atoms with Crippen LogP contribution in [0, 0.1) is 6.92 Å². The van der Waals surface area contributed by atoms with Crippen molar-refractivity contribution in [1.29, 1.82) is 0 Å². The van der Waals surface area contributed by atoms with Crippen LogP contribution in [0.5, 0.6) is 0 Å². The zero-order chi connectivity index (χ0) is 19.3. The zero-order valence-corrected chi connectivity index (χ0v) is 16.6. The van der Waals surface area contributed by atoms with Gasteiger partial charge in [-0.15, -0.1) is 0 Å². The third-order valence-corrected chi connectivity index (χ3v) is 5.72. The van der Waals surface area contributed by atoms with Crippen LogP contribution in [-0.2, 0) is 0 Å². The Labute approximate surface area is 167 Å². The fourth-order valence-corrected chi connectivity index (χ4v) is 4.12. The van der Waals surface area contributed by atoms with E-state index < -0.39 is 0 Å². The third-order valence-electron chi connectivity index (χ3n) is 5.72. The summed E-state index contributed by atoms with van der Waals surface area (Å²) >= 11 is 0. The van der Waals surface area contributed by atoms with Crippen LogP contribution in [0.4, 0.5) is 10.6 Å². The van der Waals surface area contributed by atoms with Gasteiger partial charge in [0.2, 0.25) is 0 Å². The molecule has 1 saturated heterocycles. The number of anilines is 1. The smallest absolute Gasteiger partial charge is 0.317 e. The highest BCUT2D eigenvalue weighted by Crippen LogP contribution is 2.23. The van der Waals surface area contributed by atoms with Crippen molar-refractivity contribution >= 4 is 11.8 Å². The molecule has 148 valence electrons. The number of aromatic nitrogens is 2. The highest BCUT2D eigenvalue weighted by molar-refractivity contribution is 5.75. The van der Waals surface area contributed by atoms with Crippen molar-refractivity contribution in [2.24, 2.45) is 0 Å². The van der Waals surface area contributed by atoms with Gasteiger partial charge in [0.1, 0.15) is 11.6 Å². The SMILES string of the molecule is Cc1nc(-c2ccccc2)cc(N2CCN(C(=O)NC3CCCCC3)CC2)n1. The van der Waals surface area contributed by atoms with Crippen LogP contribution in [0.25, 0.3) is 11.3 Å². The number of rotatable bonds is 3. The molecule has 0 spiro atoms. The lowest BCUT2D eigenvalue weighted by Gasteiger charge is -2.36. The molecule has 2 amide bonds. The summed E-state index contributed by atoms with van der Waals surface area (Å²) < 4.78 is 0. The molecule has 2 fully saturated rings. The Morgan fingerprint density at radius 1 is 1.00 bits per heavy atom. The number of benzene rings is 1. The van der Waals surface area contributed by atoms with E-state index in [1.165, 1.54) is 19.3 Å². The van der Waals surface area contributed by atoms with E-state index in [4.69, 9.17) is 0 Å². The van der Waals surface area contributed by atoms with Crippen molar-refractivity contribution in [2.75, 3.05) is 31.1 Å². The molecule has 1 aromatic carbocycles. The number of nitrogens with zero attached hydrogens (tertiary/aromatic N) is 4. The predicted octanol–water partition coefficient (Wildman–Crippen LogP) is 3.62. The van der Waals surface area contributed by atoms with E-state index in [-0.39, 0.29) is 6.03 Å². The summed E-state index contributed by atoms with van der Waals surface area (Å²) in [6, 6.07) is 12.7. The van der Waals surface area contributed by atoms with Crippen molar-refractivity contribution in [3.05, 3.63) is 42.2 Å². The standard InChI is InChI=1S/C22H29N5O/c1-17-23-20(18-8-4-2-5-9-18)16-21(24-17)26-12-14-27(15-13-26)22(28)25-19-10-6-3-7-11-19/h2,4-5,8-9,16,19H,3,6-7,10-15H2,1H3,(H,25,28). The van der Waals surface area contributed by atoms with Gasteiger partial charge in [0.25, 0.3) is 0 Å². The average Bonchev–Trinajstić information content (AvgIpc) is 2.75. The molecule has 0 atom stereocenters. The van der Waals surface area contributed by atoms with Crippen LogP contribution >= 0.6 is 0 Å². The minimum Gasteiger partial charge on any atom is -0.353 e. The van der Waals surface area contributed by atoms with Crippen molar-refractivity contribution in [3.63, 3.8) is 0 Å². The molecule has 28 heavy (non-hydrogen) atoms. The number of carbonyl (C=O) groups excluding carboxylic acids is 1. The molecule has 1 aliphatic heterocycles. The summed E-state index contributed by atoms with van der Waals surface area (Å²) in [6.45, 7) is 4.97. The predicted molar refractivity (Wildman–Crippen MR) is 111 cm³/mol. The second kappa shape index (κ2) is 8.59. The van der Waals surface area contributed by atoms with Crippen LogP contribution < -0.4 is 10.2 Å². The molecule has 0 bridgehead atoms. The van der Waals surface area contributed by atoms with Crippen molar-refractivity contribution in [2.45, 2.75) is 45.1 Å². The highest BCUT2D eigenvalue weighted by atomic mass is 16.2. The summed E-state index contributed by atoms with van der Waals surface area (Å²) in [7, 11) is 0. The first-order valence-corrected chi connectivity index (χ1v) is 10.4. The van der Waals surface area contributed by atoms with E-state index in [1.807, 2.05) is 30.0 Å². The Hall–Kier alpha value is -2.63. The lowest BCUT2D eigenvalue weighted by atomic mass is 9.96. The van der Waals surface area contributed by atoms with Gasteiger partial charge >= 0.3 is 6.03 Å². The number of piperazine rings is 1. The van der Waals surface area contributed by atoms with Gasteiger partial charge < -0.3 is 15.1 Å². The summed E-state index contributed by atoms with van der Waals surface area (Å²) in [5.41, 5.74) is 2.04. The molecule has 0 unspecified atom stereocenters. The molecule has 2 aliphatic rings. The van der Waals surface area contributed by atoms with Gasteiger partial charge in [0.05, 0.1) is 5.69 Å². The largest absolute Gasteiger partial charge is 0.353 e. The average molecular weight is 380 g/mol. The van der Waals surface area contributed by atoms with E-state index in [0.717, 1.165) is 61.9 Å². The molecule has 1 saturated carbocycles. The molecule has 1 aromatic heterocycles. The molecule has 6 heteroatoms. The van der Waals surface area contributed by atoms with Gasteiger partial charge in [0.15, 0.2) is 0 Å². The first-order valence-electron chi connectivity index (χ1n) is 10.4. The van der Waals surface area contributed by atoms with Crippen LogP contribution in [0.3, 0.4) is 0 Å². The number of aryl methyl sites for hydroxylation is 1. The minimum atomic E-state index is 0.0930. The monoisotopic (exact) mass is 379 g/mol. The quantitative estimate of drug-likeness (QED) is 0.885. The fourth-order valence-electron chi connectivity index (χ4n) is 4.12. The van der Waals surface area contributed by atoms with E-state index in [2.05, 4.69) is 38.4 Å². The van der Waals surface area contributed by atoms with E-state index >= 15 is 0 Å². The van der Waals surface area contributed by atoms with Gasteiger partial charge in [-0.2, -0.15) is 0 Å². The summed E-state index contributed by atoms with van der Waals surface area (Å²) in [6.07, 6.45) is 6.00. The van der Waals surface area contributed by atoms with Crippen LogP contribution in [-0.4, -0.2) is 53.1 Å². The maximum absolute atomic E-state index is 12.6. The van der Waals surface area contributed by atoms with Crippen molar-refractivity contribution < 1.29 is 4.79 Å². The topological polar surface area (TPSA) is 61.4 Å². The maximum Gasteiger partial charge on any atom is 0.317 e. The Bertz CT molecular complexity index is 796. The summed E-state index contributed by atoms with van der Waals surface area (Å²) in [5.74, 6) is 1.72. The molecular formula is C22H29N5O. The Kier molecular flexibility index (Phi) is 5.74. The van der Waals surface area contributed by atoms with Crippen molar-refractivity contribution in [3.8, 4) is 11.3 Å². The fraction of sp³-hybridized carbons (Fsp3) is 0.500.